The van der Waals surface area contributed by atoms with Crippen molar-refractivity contribution in [2.45, 2.75) is 44.6 Å². The molecule has 0 spiro atoms. The van der Waals surface area contributed by atoms with E-state index in [1.54, 1.807) is 12.2 Å². The summed E-state index contributed by atoms with van der Waals surface area (Å²) in [6.07, 6.45) is 5.86. The van der Waals surface area contributed by atoms with Gasteiger partial charge in [0.05, 0.1) is 22.2 Å². The van der Waals surface area contributed by atoms with Crippen molar-refractivity contribution >= 4 is 50.3 Å². The van der Waals surface area contributed by atoms with Gasteiger partial charge in [-0.2, -0.15) is 0 Å². The highest BCUT2D eigenvalue weighted by Crippen LogP contribution is 2.58. The van der Waals surface area contributed by atoms with Gasteiger partial charge < -0.3 is 10.4 Å². The van der Waals surface area contributed by atoms with Gasteiger partial charge in [0.15, 0.2) is 0 Å². The van der Waals surface area contributed by atoms with Gasteiger partial charge in [0.2, 0.25) is 0 Å². The van der Waals surface area contributed by atoms with E-state index in [0.717, 1.165) is 37.8 Å². The number of halogens is 2. The van der Waals surface area contributed by atoms with Crippen molar-refractivity contribution < 1.29 is 14.7 Å². The molecule has 1 amide bonds. The Bertz CT molecular complexity index is 1540. The van der Waals surface area contributed by atoms with Crippen LogP contribution in [0.1, 0.15) is 48.0 Å². The molecule has 2 aromatic carbocycles. The minimum absolute atomic E-state index is 0.206. The van der Waals surface area contributed by atoms with Gasteiger partial charge in [-0.25, -0.2) is 4.98 Å². The molecule has 2 bridgehead atoms. The van der Waals surface area contributed by atoms with E-state index in [-0.39, 0.29) is 11.8 Å². The lowest BCUT2D eigenvalue weighted by molar-refractivity contribution is -0.158. The van der Waals surface area contributed by atoms with Crippen LogP contribution in [0.25, 0.3) is 22.2 Å². The van der Waals surface area contributed by atoms with Crippen LogP contribution in [0, 0.1) is 18.3 Å². The number of carbonyl (C=O) groups is 2. The number of nitrogens with one attached hydrogen (secondary N) is 1. The highest BCUT2D eigenvalue weighted by Gasteiger charge is 2.59. The molecule has 2 N–H and O–H groups in total. The highest BCUT2D eigenvalue weighted by atomic mass is 79.9. The van der Waals surface area contributed by atoms with Crippen LogP contribution in [-0.2, 0) is 4.79 Å². The van der Waals surface area contributed by atoms with E-state index in [9.17, 15) is 14.7 Å². The second kappa shape index (κ2) is 10.4. The zero-order chi connectivity index (χ0) is 27.9. The maximum atomic E-state index is 14.4. The fourth-order valence-electron chi connectivity index (χ4n) is 6.55. The fraction of sp³-hybridized carbons (Fsp3) is 0.281. The van der Waals surface area contributed by atoms with Crippen molar-refractivity contribution in [3.63, 3.8) is 0 Å². The number of amides is 1. The van der Waals surface area contributed by atoms with Gasteiger partial charge in [-0.15, -0.1) is 0 Å². The molecule has 1 atom stereocenters. The van der Waals surface area contributed by atoms with Crippen LogP contribution >= 0.6 is 27.5 Å². The van der Waals surface area contributed by atoms with Gasteiger partial charge in [0.1, 0.15) is 0 Å². The first kappa shape index (κ1) is 27.4. The number of hydrogen-bond acceptors (Lipinski definition) is 3. The summed E-state index contributed by atoms with van der Waals surface area (Å²) in [4.78, 5) is 31.7. The predicted molar refractivity (Wildman–Crippen MR) is 160 cm³/mol. The van der Waals surface area contributed by atoms with Crippen molar-refractivity contribution in [1.29, 1.82) is 0 Å². The summed E-state index contributed by atoms with van der Waals surface area (Å²) >= 11 is 10.0. The molecule has 3 saturated carbocycles. The van der Waals surface area contributed by atoms with Gasteiger partial charge >= 0.3 is 5.97 Å². The Morgan fingerprint density at radius 2 is 1.85 bits per heavy atom. The van der Waals surface area contributed by atoms with Crippen molar-refractivity contribution in [2.75, 3.05) is 0 Å². The van der Waals surface area contributed by atoms with Gasteiger partial charge in [0.25, 0.3) is 5.91 Å². The van der Waals surface area contributed by atoms with Crippen LogP contribution in [0.5, 0.6) is 0 Å². The molecule has 3 aliphatic rings. The molecule has 7 heteroatoms. The second-order valence-corrected chi connectivity index (χ2v) is 12.1. The molecule has 1 heterocycles. The summed E-state index contributed by atoms with van der Waals surface area (Å²) in [5.74, 6) is -1.31. The zero-order valence-corrected chi connectivity index (χ0v) is 24.1. The number of rotatable bonds is 7. The Balaban J connectivity index is 1.64. The minimum Gasteiger partial charge on any atom is -0.481 e. The van der Waals surface area contributed by atoms with Crippen molar-refractivity contribution in [2.24, 2.45) is 11.3 Å². The molecule has 39 heavy (non-hydrogen) atoms. The van der Waals surface area contributed by atoms with E-state index in [0.29, 0.717) is 42.7 Å². The number of hydrogen-bond donors (Lipinski definition) is 2. The first-order valence-electron chi connectivity index (χ1n) is 13.0. The number of pyridine rings is 1. The van der Waals surface area contributed by atoms with Gasteiger partial charge in [-0.1, -0.05) is 83.2 Å². The number of carbonyl (C=O) groups excluding carboxylic acids is 1. The smallest absolute Gasteiger partial charge is 0.309 e. The van der Waals surface area contributed by atoms with Crippen LogP contribution in [0.15, 0.2) is 88.9 Å². The van der Waals surface area contributed by atoms with Crippen LogP contribution in [0.2, 0.25) is 0 Å². The van der Waals surface area contributed by atoms with Crippen LogP contribution < -0.4 is 5.32 Å². The predicted octanol–water partition coefficient (Wildman–Crippen LogP) is 7.97. The Labute approximate surface area is 241 Å². The summed E-state index contributed by atoms with van der Waals surface area (Å²) in [6.45, 7) is 9.71. The zero-order valence-electron chi connectivity index (χ0n) is 21.8. The first-order chi connectivity index (χ1) is 18.6. The van der Waals surface area contributed by atoms with Crippen LogP contribution in [0.3, 0.4) is 0 Å². The lowest BCUT2D eigenvalue weighted by Gasteiger charge is -2.57. The van der Waals surface area contributed by atoms with Gasteiger partial charge in [0, 0.05) is 31.9 Å². The first-order valence-corrected chi connectivity index (χ1v) is 14.2. The molecular weight excluding hydrogens is 576 g/mol. The molecule has 6 rings (SSSR count). The number of aromatic nitrogens is 1. The normalized spacial score (nSPS) is 24.4. The van der Waals surface area contributed by atoms with E-state index in [1.165, 1.54) is 0 Å². The molecule has 0 aliphatic heterocycles. The minimum atomic E-state index is -0.839. The SMILES string of the molecule is C=C/C=C(\C(=C)Cl)C1CC2(C(=O)O)CCC1(NC(=O)c1c(C)c(-c3ccccc3)nc3ccc(Br)cc13)CC2. The van der Waals surface area contributed by atoms with E-state index in [2.05, 4.69) is 34.4 Å². The molecule has 3 fully saturated rings. The molecule has 0 saturated heterocycles. The molecule has 3 aromatic rings. The number of benzene rings is 2. The van der Waals surface area contributed by atoms with Crippen molar-refractivity contribution in [3.05, 3.63) is 100 Å². The largest absolute Gasteiger partial charge is 0.481 e. The summed E-state index contributed by atoms with van der Waals surface area (Å²) in [6, 6.07) is 15.6. The standard InChI is InChI=1S/C32H30BrClN2O3/c1-4-8-23(20(3)34)25-18-31(30(38)39)13-15-32(25,16-14-31)36-29(37)27-19(2)28(21-9-6-5-7-10-21)35-26-12-11-22(33)17-24(26)27/h4-12,17,25H,1,3,13-16,18H2,2H3,(H,36,37)(H,38,39)/b23-8+. The summed E-state index contributed by atoms with van der Waals surface area (Å²) in [7, 11) is 0. The molecule has 0 radical (unpaired) electrons. The quantitative estimate of drug-likeness (QED) is 0.268. The van der Waals surface area contributed by atoms with E-state index >= 15 is 0 Å². The number of allylic oxidation sites excluding steroid dienone is 3. The van der Waals surface area contributed by atoms with E-state index < -0.39 is 16.9 Å². The molecule has 1 unspecified atom stereocenters. The Morgan fingerprint density at radius 3 is 2.46 bits per heavy atom. The van der Waals surface area contributed by atoms with E-state index in [1.807, 2.05) is 55.5 Å². The Kier molecular flexibility index (Phi) is 7.29. The third kappa shape index (κ3) is 4.74. The van der Waals surface area contributed by atoms with Crippen molar-refractivity contribution in [1.82, 2.24) is 10.3 Å². The molecule has 3 aliphatic carbocycles. The average Bonchev–Trinajstić information content (AvgIpc) is 2.92. The maximum absolute atomic E-state index is 14.4. The molecular formula is C32H30BrClN2O3. The third-order valence-electron chi connectivity index (χ3n) is 8.63. The Morgan fingerprint density at radius 1 is 1.15 bits per heavy atom. The average molecular weight is 606 g/mol. The van der Waals surface area contributed by atoms with Gasteiger partial charge in [-0.3, -0.25) is 9.59 Å². The summed E-state index contributed by atoms with van der Waals surface area (Å²) < 4.78 is 0.852. The monoisotopic (exact) mass is 604 g/mol. The molecule has 1 aromatic heterocycles. The maximum Gasteiger partial charge on any atom is 0.309 e. The number of fused-ring (bicyclic) bond motifs is 4. The number of carboxylic acid groups (broad SMARTS) is 1. The van der Waals surface area contributed by atoms with Gasteiger partial charge in [-0.05, 0) is 68.4 Å². The summed E-state index contributed by atoms with van der Waals surface area (Å²) in [5, 5.41) is 14.7. The molecule has 200 valence electrons. The van der Waals surface area contributed by atoms with E-state index in [4.69, 9.17) is 16.6 Å². The van der Waals surface area contributed by atoms with Crippen LogP contribution in [-0.4, -0.2) is 27.5 Å². The third-order valence-corrected chi connectivity index (χ3v) is 9.34. The number of nitrogens with zero attached hydrogens (tertiary/aromatic N) is 1. The number of carboxylic acids is 1. The van der Waals surface area contributed by atoms with Crippen LogP contribution in [0.4, 0.5) is 0 Å². The molecule has 5 nitrogen and oxygen atoms in total. The lowest BCUT2D eigenvalue weighted by Crippen LogP contribution is -2.63. The second-order valence-electron chi connectivity index (χ2n) is 10.7. The van der Waals surface area contributed by atoms with Crippen molar-refractivity contribution in [3.8, 4) is 11.3 Å². The lowest BCUT2D eigenvalue weighted by atomic mass is 9.51. The number of aliphatic carboxylic acids is 1. The Hall–Kier alpha value is -3.22. The highest BCUT2D eigenvalue weighted by molar-refractivity contribution is 9.10. The topological polar surface area (TPSA) is 79.3 Å². The summed E-state index contributed by atoms with van der Waals surface area (Å²) in [5.41, 5.74) is 2.97. The fourth-order valence-corrected chi connectivity index (χ4v) is 7.10.